The van der Waals surface area contributed by atoms with Crippen molar-refractivity contribution >= 4 is 17.2 Å². The number of imidazole rings is 1. The van der Waals surface area contributed by atoms with E-state index in [-0.39, 0.29) is 5.91 Å². The third-order valence-electron chi connectivity index (χ3n) is 4.00. The van der Waals surface area contributed by atoms with Crippen LogP contribution in [0.1, 0.15) is 16.1 Å². The molecule has 0 saturated carbocycles. The lowest BCUT2D eigenvalue weighted by Gasteiger charge is -2.28. The maximum absolute atomic E-state index is 13.3. The molecule has 6 nitrogen and oxygen atoms in total. The quantitative estimate of drug-likeness (QED) is 0.781. The summed E-state index contributed by atoms with van der Waals surface area (Å²) < 4.78 is 20.6. The predicted octanol–water partition coefficient (Wildman–Crippen LogP) is 1.97. The van der Waals surface area contributed by atoms with Gasteiger partial charge in [-0.2, -0.15) is 0 Å². The highest BCUT2D eigenvalue weighted by atomic mass is 19.1. The smallest absolute Gasteiger partial charge is 0.278 e. The molecule has 1 aliphatic rings. The third-order valence-corrected chi connectivity index (χ3v) is 4.00. The van der Waals surface area contributed by atoms with Gasteiger partial charge >= 0.3 is 0 Å². The maximum Gasteiger partial charge on any atom is 0.278 e. The van der Waals surface area contributed by atoms with Crippen LogP contribution < -0.4 is 15.4 Å². The standard InChI is InChI=1S/C17H15FN4O2/c18-12-2-3-14-15(7-12)24-6-5-22(14)17(23)13-10-21-9-11(8-19)1-4-16(21)20-13/h1-4,7,9-10H,5-6,8,19H2. The van der Waals surface area contributed by atoms with E-state index in [2.05, 4.69) is 4.98 Å². The van der Waals surface area contributed by atoms with Gasteiger partial charge in [-0.3, -0.25) is 4.79 Å². The molecule has 2 aromatic heterocycles. The summed E-state index contributed by atoms with van der Waals surface area (Å²) in [5.74, 6) is -0.280. The Labute approximate surface area is 137 Å². The Balaban J connectivity index is 1.72. The molecule has 4 rings (SSSR count). The normalized spacial score (nSPS) is 13.7. The summed E-state index contributed by atoms with van der Waals surface area (Å²) in [5, 5.41) is 0. The number of nitrogens with two attached hydrogens (primary N) is 1. The second-order valence-electron chi connectivity index (χ2n) is 5.55. The summed E-state index contributed by atoms with van der Waals surface area (Å²) in [6.45, 7) is 1.12. The summed E-state index contributed by atoms with van der Waals surface area (Å²) in [5.41, 5.74) is 8.13. The average Bonchev–Trinajstić information content (AvgIpc) is 3.03. The van der Waals surface area contributed by atoms with E-state index < -0.39 is 5.82 Å². The van der Waals surface area contributed by atoms with Gasteiger partial charge in [0.1, 0.15) is 29.5 Å². The van der Waals surface area contributed by atoms with E-state index in [9.17, 15) is 9.18 Å². The number of nitrogens with zero attached hydrogens (tertiary/aromatic N) is 3. The second kappa shape index (κ2) is 5.61. The summed E-state index contributed by atoms with van der Waals surface area (Å²) >= 11 is 0. The van der Waals surface area contributed by atoms with Crippen molar-refractivity contribution in [2.75, 3.05) is 18.1 Å². The van der Waals surface area contributed by atoms with Crippen molar-refractivity contribution in [3.63, 3.8) is 0 Å². The van der Waals surface area contributed by atoms with Gasteiger partial charge in [-0.05, 0) is 23.8 Å². The Kier molecular flexibility index (Phi) is 3.42. The predicted molar refractivity (Wildman–Crippen MR) is 86.7 cm³/mol. The van der Waals surface area contributed by atoms with Crippen molar-refractivity contribution < 1.29 is 13.9 Å². The molecule has 0 spiro atoms. The van der Waals surface area contributed by atoms with Crippen LogP contribution in [0.4, 0.5) is 10.1 Å². The minimum absolute atomic E-state index is 0.246. The van der Waals surface area contributed by atoms with Gasteiger partial charge in [-0.1, -0.05) is 6.07 Å². The Morgan fingerprint density at radius 1 is 1.29 bits per heavy atom. The number of fused-ring (bicyclic) bond motifs is 2. The third kappa shape index (κ3) is 2.39. The Bertz CT molecular complexity index is 937. The van der Waals surface area contributed by atoms with Gasteiger partial charge in [-0.15, -0.1) is 0 Å². The van der Waals surface area contributed by atoms with Gasteiger partial charge in [0, 0.05) is 25.0 Å². The minimum atomic E-state index is -0.398. The molecule has 1 aliphatic heterocycles. The molecule has 0 fully saturated rings. The monoisotopic (exact) mass is 326 g/mol. The van der Waals surface area contributed by atoms with Crippen LogP contribution in [0.3, 0.4) is 0 Å². The first-order valence-electron chi connectivity index (χ1n) is 7.57. The zero-order valence-electron chi connectivity index (χ0n) is 12.8. The number of hydrogen-bond acceptors (Lipinski definition) is 4. The first-order valence-corrected chi connectivity index (χ1v) is 7.57. The molecule has 2 N–H and O–H groups in total. The van der Waals surface area contributed by atoms with Gasteiger partial charge < -0.3 is 19.8 Å². The van der Waals surface area contributed by atoms with Gasteiger partial charge in [0.2, 0.25) is 0 Å². The van der Waals surface area contributed by atoms with E-state index in [1.165, 1.54) is 12.1 Å². The van der Waals surface area contributed by atoms with E-state index in [4.69, 9.17) is 10.5 Å². The molecule has 7 heteroatoms. The van der Waals surface area contributed by atoms with E-state index in [0.717, 1.165) is 5.56 Å². The van der Waals surface area contributed by atoms with Gasteiger partial charge in [0.05, 0.1) is 12.2 Å². The van der Waals surface area contributed by atoms with Crippen LogP contribution in [0.5, 0.6) is 5.75 Å². The van der Waals surface area contributed by atoms with E-state index in [1.807, 2.05) is 18.3 Å². The minimum Gasteiger partial charge on any atom is -0.489 e. The lowest BCUT2D eigenvalue weighted by molar-refractivity contribution is 0.0972. The Hall–Kier alpha value is -2.93. The molecular formula is C17H15FN4O2. The van der Waals surface area contributed by atoms with Gasteiger partial charge in [0.25, 0.3) is 5.91 Å². The Morgan fingerprint density at radius 2 is 2.17 bits per heavy atom. The lowest BCUT2D eigenvalue weighted by Crippen LogP contribution is -2.38. The summed E-state index contributed by atoms with van der Waals surface area (Å²) in [6, 6.07) is 7.84. The number of carbonyl (C=O) groups excluding carboxylic acids is 1. The maximum atomic E-state index is 13.3. The topological polar surface area (TPSA) is 72.9 Å². The van der Waals surface area contributed by atoms with Crippen LogP contribution >= 0.6 is 0 Å². The lowest BCUT2D eigenvalue weighted by atomic mass is 10.2. The highest BCUT2D eigenvalue weighted by Gasteiger charge is 2.26. The first-order chi connectivity index (χ1) is 11.7. The average molecular weight is 326 g/mol. The van der Waals surface area contributed by atoms with Gasteiger partial charge in [0.15, 0.2) is 0 Å². The van der Waals surface area contributed by atoms with Crippen molar-refractivity contribution in [2.24, 2.45) is 5.73 Å². The summed E-state index contributed by atoms with van der Waals surface area (Å²) in [7, 11) is 0. The number of anilines is 1. The van der Waals surface area contributed by atoms with Crippen LogP contribution in [0.15, 0.2) is 42.7 Å². The SMILES string of the molecule is NCc1ccc2nc(C(=O)N3CCOc4cc(F)ccc43)cn2c1. The summed E-state index contributed by atoms with van der Waals surface area (Å²) in [4.78, 5) is 18.8. The van der Waals surface area contributed by atoms with E-state index in [1.54, 1.807) is 21.6 Å². The van der Waals surface area contributed by atoms with E-state index in [0.29, 0.717) is 42.5 Å². The molecule has 0 atom stereocenters. The molecule has 0 radical (unpaired) electrons. The molecule has 3 heterocycles. The number of carbonyl (C=O) groups is 1. The molecule has 0 saturated heterocycles. The van der Waals surface area contributed by atoms with Gasteiger partial charge in [-0.25, -0.2) is 9.37 Å². The van der Waals surface area contributed by atoms with Crippen LogP contribution in [0.2, 0.25) is 0 Å². The van der Waals surface area contributed by atoms with Crippen molar-refractivity contribution in [1.82, 2.24) is 9.38 Å². The number of aromatic nitrogens is 2. The number of halogens is 1. The number of ether oxygens (including phenoxy) is 1. The fraction of sp³-hybridized carbons (Fsp3) is 0.176. The van der Waals surface area contributed by atoms with Crippen molar-refractivity contribution in [3.8, 4) is 5.75 Å². The first kappa shape index (κ1) is 14.6. The van der Waals surface area contributed by atoms with E-state index >= 15 is 0 Å². The van der Waals surface area contributed by atoms with Crippen LogP contribution in [-0.4, -0.2) is 28.4 Å². The number of amides is 1. The summed E-state index contributed by atoms with van der Waals surface area (Å²) in [6.07, 6.45) is 3.53. The molecule has 24 heavy (non-hydrogen) atoms. The van der Waals surface area contributed by atoms with Crippen molar-refractivity contribution in [1.29, 1.82) is 0 Å². The number of hydrogen-bond donors (Lipinski definition) is 1. The fourth-order valence-corrected chi connectivity index (χ4v) is 2.80. The molecule has 122 valence electrons. The molecule has 0 unspecified atom stereocenters. The zero-order valence-corrected chi connectivity index (χ0v) is 12.8. The fourth-order valence-electron chi connectivity index (χ4n) is 2.80. The molecule has 1 amide bonds. The Morgan fingerprint density at radius 3 is 3.00 bits per heavy atom. The number of benzene rings is 1. The largest absolute Gasteiger partial charge is 0.489 e. The number of rotatable bonds is 2. The molecule has 0 aliphatic carbocycles. The van der Waals surface area contributed by atoms with Crippen molar-refractivity contribution in [3.05, 3.63) is 59.8 Å². The highest BCUT2D eigenvalue weighted by molar-refractivity contribution is 6.06. The molecule has 3 aromatic rings. The molecule has 0 bridgehead atoms. The van der Waals surface area contributed by atoms with Crippen molar-refractivity contribution in [2.45, 2.75) is 6.54 Å². The molecule has 1 aromatic carbocycles. The number of pyridine rings is 1. The van der Waals surface area contributed by atoms with Crippen LogP contribution in [-0.2, 0) is 6.54 Å². The second-order valence-corrected chi connectivity index (χ2v) is 5.55. The zero-order chi connectivity index (χ0) is 16.7. The molecular weight excluding hydrogens is 311 g/mol. The van der Waals surface area contributed by atoms with Crippen LogP contribution in [0, 0.1) is 5.82 Å². The van der Waals surface area contributed by atoms with Crippen LogP contribution in [0.25, 0.3) is 5.65 Å². The highest BCUT2D eigenvalue weighted by Crippen LogP contribution is 2.33.